The van der Waals surface area contributed by atoms with Crippen molar-refractivity contribution in [2.45, 2.75) is 13.0 Å². The van der Waals surface area contributed by atoms with E-state index < -0.39 is 23.6 Å². The zero-order valence-corrected chi connectivity index (χ0v) is 13.6. The van der Waals surface area contributed by atoms with Crippen LogP contribution < -0.4 is 5.32 Å². The summed E-state index contributed by atoms with van der Waals surface area (Å²) in [7, 11) is 0. The molecule has 0 amide bonds. The minimum atomic E-state index is -1.06. The van der Waals surface area contributed by atoms with Crippen LogP contribution >= 0.6 is 0 Å². The van der Waals surface area contributed by atoms with Gasteiger partial charge in [0.15, 0.2) is 0 Å². The van der Waals surface area contributed by atoms with Gasteiger partial charge in [0.05, 0.1) is 11.6 Å². The van der Waals surface area contributed by atoms with Crippen molar-refractivity contribution in [3.63, 3.8) is 0 Å². The quantitative estimate of drug-likeness (QED) is 0.742. The number of carboxylic acid groups (broad SMARTS) is 1. The van der Waals surface area contributed by atoms with Crippen LogP contribution in [-0.2, 0) is 4.79 Å². The van der Waals surface area contributed by atoms with Crippen LogP contribution in [0.15, 0.2) is 42.6 Å². The maximum absolute atomic E-state index is 13.6. The lowest BCUT2D eigenvalue weighted by Gasteiger charge is -2.15. The van der Waals surface area contributed by atoms with Crippen molar-refractivity contribution in [3.8, 4) is 17.2 Å². The number of hydrogen-bond acceptors (Lipinski definition) is 4. The van der Waals surface area contributed by atoms with Crippen LogP contribution in [0.25, 0.3) is 21.9 Å². The molecule has 0 saturated carbocycles. The number of halogens is 2. The third kappa shape index (κ3) is 3.17. The molecule has 26 heavy (non-hydrogen) atoms. The molecule has 0 aliphatic rings. The maximum Gasteiger partial charge on any atom is 0.325 e. The van der Waals surface area contributed by atoms with Crippen LogP contribution in [0.4, 0.5) is 14.6 Å². The average molecular weight is 353 g/mol. The molecule has 0 bridgehead atoms. The van der Waals surface area contributed by atoms with Crippen LogP contribution in [0.5, 0.6) is 0 Å². The van der Waals surface area contributed by atoms with E-state index in [4.69, 9.17) is 5.11 Å². The summed E-state index contributed by atoms with van der Waals surface area (Å²) in [6.45, 7) is 1.46. The van der Waals surface area contributed by atoms with Gasteiger partial charge in [0.25, 0.3) is 0 Å². The summed E-state index contributed by atoms with van der Waals surface area (Å²) >= 11 is 0. The highest BCUT2D eigenvalue weighted by atomic mass is 19.1. The number of pyridine rings is 1. The van der Waals surface area contributed by atoms with Gasteiger partial charge in [0, 0.05) is 28.6 Å². The first-order valence-corrected chi connectivity index (χ1v) is 7.68. The van der Waals surface area contributed by atoms with E-state index in [-0.39, 0.29) is 16.9 Å². The normalized spacial score (nSPS) is 11.8. The highest BCUT2D eigenvalue weighted by Gasteiger charge is 2.17. The summed E-state index contributed by atoms with van der Waals surface area (Å²) in [6.07, 6.45) is 1.37. The molecule has 0 saturated heterocycles. The number of anilines is 1. The molecule has 0 spiro atoms. The smallest absolute Gasteiger partial charge is 0.325 e. The predicted octanol–water partition coefficient (Wildman–Crippen LogP) is 3.94. The number of aromatic nitrogens is 1. The van der Waals surface area contributed by atoms with Crippen molar-refractivity contribution in [1.29, 1.82) is 5.26 Å². The van der Waals surface area contributed by atoms with Crippen LogP contribution in [0.1, 0.15) is 12.5 Å². The summed E-state index contributed by atoms with van der Waals surface area (Å²) < 4.78 is 27.3. The topological polar surface area (TPSA) is 86.0 Å². The van der Waals surface area contributed by atoms with Crippen molar-refractivity contribution in [1.82, 2.24) is 4.98 Å². The Bertz CT molecular complexity index is 1040. The molecule has 3 rings (SSSR count). The number of carboxylic acids is 1. The molecule has 5 nitrogen and oxygen atoms in total. The molecular formula is C19H13F2N3O2. The van der Waals surface area contributed by atoms with E-state index in [0.717, 1.165) is 18.2 Å². The van der Waals surface area contributed by atoms with Gasteiger partial charge in [0.1, 0.15) is 23.5 Å². The number of nitrogens with one attached hydrogen (secondary N) is 1. The summed E-state index contributed by atoms with van der Waals surface area (Å²) in [5, 5.41) is 22.2. The second-order valence-electron chi connectivity index (χ2n) is 5.72. The minimum Gasteiger partial charge on any atom is -0.480 e. The molecule has 2 N–H and O–H groups in total. The Hall–Kier alpha value is -3.53. The second kappa shape index (κ2) is 6.76. The van der Waals surface area contributed by atoms with Crippen LogP contribution in [0.3, 0.4) is 0 Å². The summed E-state index contributed by atoms with van der Waals surface area (Å²) in [4.78, 5) is 15.3. The number of benzene rings is 2. The van der Waals surface area contributed by atoms with Gasteiger partial charge in [-0.25, -0.2) is 13.8 Å². The molecule has 0 fully saturated rings. The van der Waals surface area contributed by atoms with E-state index in [2.05, 4.69) is 16.4 Å². The highest BCUT2D eigenvalue weighted by molar-refractivity contribution is 6.05. The van der Waals surface area contributed by atoms with Crippen LogP contribution in [0.2, 0.25) is 0 Å². The Morgan fingerprint density at radius 1 is 1.27 bits per heavy atom. The van der Waals surface area contributed by atoms with Crippen molar-refractivity contribution < 1.29 is 18.7 Å². The van der Waals surface area contributed by atoms with Crippen molar-refractivity contribution >= 4 is 22.6 Å². The Labute approximate surface area is 147 Å². The lowest BCUT2D eigenvalue weighted by Crippen LogP contribution is -2.26. The van der Waals surface area contributed by atoms with Gasteiger partial charge >= 0.3 is 5.97 Å². The number of hydrogen-bond donors (Lipinski definition) is 2. The largest absolute Gasteiger partial charge is 0.480 e. The van der Waals surface area contributed by atoms with Crippen molar-refractivity contribution in [2.75, 3.05) is 5.32 Å². The Morgan fingerprint density at radius 3 is 2.58 bits per heavy atom. The molecule has 2 aromatic carbocycles. The van der Waals surface area contributed by atoms with Gasteiger partial charge in [-0.2, -0.15) is 5.26 Å². The van der Waals surface area contributed by atoms with E-state index in [0.29, 0.717) is 16.3 Å². The summed E-state index contributed by atoms with van der Waals surface area (Å²) in [5.41, 5.74) is 0.903. The van der Waals surface area contributed by atoms with E-state index in [1.54, 1.807) is 18.2 Å². The monoisotopic (exact) mass is 353 g/mol. The molecule has 1 heterocycles. The van der Waals surface area contributed by atoms with Gasteiger partial charge in [-0.1, -0.05) is 12.1 Å². The SMILES string of the molecule is CC(Nc1ncc(-c2cc(F)cc(F)c2)c2c(C#N)cccc12)C(=O)O. The van der Waals surface area contributed by atoms with Gasteiger partial charge in [0.2, 0.25) is 0 Å². The standard InChI is InChI=1S/C19H13F2N3O2/c1-10(19(25)26)24-18-15-4-2-3-11(8-22)17(15)16(9-23-18)12-5-13(20)7-14(21)6-12/h2-7,9-10H,1H3,(H,23,24)(H,25,26). The molecule has 0 aliphatic heterocycles. The molecule has 0 aliphatic carbocycles. The van der Waals surface area contributed by atoms with Crippen LogP contribution in [0, 0.1) is 23.0 Å². The first-order chi connectivity index (χ1) is 12.4. The third-order valence-corrected chi connectivity index (χ3v) is 3.93. The highest BCUT2D eigenvalue weighted by Crippen LogP contribution is 2.34. The van der Waals surface area contributed by atoms with Gasteiger partial charge in [-0.15, -0.1) is 0 Å². The van der Waals surface area contributed by atoms with Gasteiger partial charge in [-0.05, 0) is 30.7 Å². The molecular weight excluding hydrogens is 340 g/mol. The van der Waals surface area contributed by atoms with Crippen molar-refractivity contribution in [2.24, 2.45) is 0 Å². The maximum atomic E-state index is 13.6. The number of rotatable bonds is 4. The van der Waals surface area contributed by atoms with E-state index in [1.807, 2.05) is 0 Å². The Balaban J connectivity index is 2.29. The van der Waals surface area contributed by atoms with E-state index in [9.17, 15) is 18.8 Å². The lowest BCUT2D eigenvalue weighted by atomic mass is 9.96. The fourth-order valence-corrected chi connectivity index (χ4v) is 2.71. The third-order valence-electron chi connectivity index (χ3n) is 3.93. The fraction of sp³-hybridized carbons (Fsp3) is 0.105. The number of nitriles is 1. The predicted molar refractivity (Wildman–Crippen MR) is 92.5 cm³/mol. The van der Waals surface area contributed by atoms with Crippen LogP contribution in [-0.4, -0.2) is 22.1 Å². The molecule has 1 unspecified atom stereocenters. The van der Waals surface area contributed by atoms with E-state index >= 15 is 0 Å². The summed E-state index contributed by atoms with van der Waals surface area (Å²) in [6, 6.07) is 9.09. The molecule has 3 aromatic rings. The number of carbonyl (C=O) groups is 1. The molecule has 7 heteroatoms. The Kier molecular flexibility index (Phi) is 4.50. The average Bonchev–Trinajstić information content (AvgIpc) is 2.60. The summed E-state index contributed by atoms with van der Waals surface area (Å²) in [5.74, 6) is -2.28. The molecule has 130 valence electrons. The van der Waals surface area contributed by atoms with Crippen molar-refractivity contribution in [3.05, 3.63) is 59.8 Å². The first-order valence-electron chi connectivity index (χ1n) is 7.68. The number of aliphatic carboxylic acids is 1. The number of nitrogens with zero attached hydrogens (tertiary/aromatic N) is 2. The van der Waals surface area contributed by atoms with E-state index in [1.165, 1.54) is 13.1 Å². The number of fused-ring (bicyclic) bond motifs is 1. The second-order valence-corrected chi connectivity index (χ2v) is 5.72. The molecule has 1 atom stereocenters. The molecule has 0 radical (unpaired) electrons. The van der Waals surface area contributed by atoms with Gasteiger partial charge < -0.3 is 10.4 Å². The molecule has 1 aromatic heterocycles. The lowest BCUT2D eigenvalue weighted by molar-refractivity contribution is -0.137. The minimum absolute atomic E-state index is 0.237. The first kappa shape index (κ1) is 17.3. The fourth-order valence-electron chi connectivity index (χ4n) is 2.71. The zero-order chi connectivity index (χ0) is 18.8. The van der Waals surface area contributed by atoms with Gasteiger partial charge in [-0.3, -0.25) is 4.79 Å². The Morgan fingerprint density at radius 2 is 1.96 bits per heavy atom. The zero-order valence-electron chi connectivity index (χ0n) is 13.6.